The Morgan fingerprint density at radius 1 is 1.24 bits per heavy atom. The zero-order valence-electron chi connectivity index (χ0n) is 21.1. The fourth-order valence-electron chi connectivity index (χ4n) is 3.72. The van der Waals surface area contributed by atoms with Crippen LogP contribution in [0.5, 0.6) is 0 Å². The Balaban J connectivity index is 1.67. The van der Waals surface area contributed by atoms with Crippen LogP contribution in [0.1, 0.15) is 38.4 Å². The third-order valence-electron chi connectivity index (χ3n) is 5.39. The summed E-state index contributed by atoms with van der Waals surface area (Å²) in [5.41, 5.74) is 7.42. The van der Waals surface area contributed by atoms with Crippen molar-refractivity contribution < 1.29 is 27.2 Å². The number of aromatic nitrogens is 3. The molecular weight excluding hydrogens is 447 g/mol. The lowest BCUT2D eigenvalue weighted by molar-refractivity contribution is -0.138. The van der Waals surface area contributed by atoms with Crippen LogP contribution in [0, 0.1) is 20.7 Å². The number of aliphatic hydroxyl groups excluding tert-OH is 1. The molecule has 0 aliphatic carbocycles. The number of fused-ring (bicyclic) bond motifs is 1. The van der Waals surface area contributed by atoms with E-state index in [1.165, 1.54) is 22.7 Å². The average Bonchev–Trinajstić information content (AvgIpc) is 3.23. The Labute approximate surface area is 197 Å². The number of nitrogen functional groups attached to an aromatic ring is 1. The van der Waals surface area contributed by atoms with Crippen LogP contribution in [0.4, 0.5) is 24.7 Å². The van der Waals surface area contributed by atoms with Crippen LogP contribution in [0.25, 0.3) is 16.8 Å². The van der Waals surface area contributed by atoms with Crippen LogP contribution in [0.3, 0.4) is 0 Å². The molecule has 4 rings (SSSR count). The number of alkyl halides is 3. The molecule has 0 saturated carbocycles. The first-order valence-electron chi connectivity index (χ1n) is 11.6. The predicted octanol–water partition coefficient (Wildman–Crippen LogP) is 4.59. The van der Waals surface area contributed by atoms with Crippen LogP contribution in [0.15, 0.2) is 48.7 Å². The van der Waals surface area contributed by atoms with Crippen LogP contribution >= 0.6 is 0 Å². The molecule has 2 aromatic heterocycles. The van der Waals surface area contributed by atoms with E-state index >= 15 is 0 Å². The van der Waals surface area contributed by atoms with Gasteiger partial charge in [0.25, 0.3) is 5.91 Å². The molecule has 176 valence electrons. The number of hydrogen-bond donors (Lipinski definition) is 3. The molecule has 0 aliphatic rings. The van der Waals surface area contributed by atoms with Crippen molar-refractivity contribution in [3.05, 3.63) is 76.9 Å². The molecule has 4 aromatic rings. The van der Waals surface area contributed by atoms with E-state index in [1.54, 1.807) is 26.0 Å². The van der Waals surface area contributed by atoms with Gasteiger partial charge in [0.2, 0.25) is 0 Å². The molecule has 0 spiro atoms. The van der Waals surface area contributed by atoms with E-state index in [1.807, 2.05) is 0 Å². The van der Waals surface area contributed by atoms with E-state index in [0.29, 0.717) is 34.1 Å². The fourth-order valence-corrected chi connectivity index (χ4v) is 3.72. The van der Waals surface area contributed by atoms with Crippen molar-refractivity contribution in [2.24, 2.45) is 0 Å². The van der Waals surface area contributed by atoms with Crippen molar-refractivity contribution in [2.45, 2.75) is 33.0 Å². The molecule has 0 saturated heterocycles. The number of anilines is 2. The van der Waals surface area contributed by atoms with Gasteiger partial charge in [-0.15, -0.1) is 0 Å². The molecule has 4 N–H and O–H groups in total. The third-order valence-corrected chi connectivity index (χ3v) is 5.39. The van der Waals surface area contributed by atoms with Crippen molar-refractivity contribution in [3.63, 3.8) is 0 Å². The maximum absolute atomic E-state index is 13.0. The molecular formula is C24H22F3N5O2. The van der Waals surface area contributed by atoms with Gasteiger partial charge in [-0.2, -0.15) is 13.2 Å². The number of aryl methyl sites for hydroxylation is 3. The number of rotatable bonds is 4. The molecule has 2 aromatic carbocycles. The first-order valence-corrected chi connectivity index (χ1v) is 10.1. The minimum Gasteiger partial charge on any atom is -0.382 e. The lowest BCUT2D eigenvalue weighted by Gasteiger charge is -2.15. The summed E-state index contributed by atoms with van der Waals surface area (Å²) in [6.07, 6.45) is -5.01. The molecule has 0 radical (unpaired) electrons. The molecule has 1 atom stereocenters. The zero-order chi connectivity index (χ0) is 27.3. The number of nitrogens with zero attached hydrogens (tertiary/aromatic N) is 3. The molecule has 0 bridgehead atoms. The van der Waals surface area contributed by atoms with E-state index in [0.717, 1.165) is 12.1 Å². The van der Waals surface area contributed by atoms with Gasteiger partial charge in [-0.1, -0.05) is 18.2 Å². The third kappa shape index (κ3) is 4.19. The van der Waals surface area contributed by atoms with Gasteiger partial charge in [0.05, 0.1) is 5.56 Å². The van der Waals surface area contributed by atoms with E-state index in [9.17, 15) is 23.1 Å². The molecule has 0 fully saturated rings. The number of carbonyl (C=O) groups excluding carboxylic acids is 1. The number of imidazole rings is 1. The average molecular weight is 472 g/mol. The Morgan fingerprint density at radius 2 is 2.00 bits per heavy atom. The number of benzene rings is 2. The Bertz CT molecular complexity index is 1520. The second-order valence-electron chi connectivity index (χ2n) is 7.80. The quantitative estimate of drug-likeness (QED) is 0.403. The number of aliphatic hydroxyl groups is 1. The molecule has 0 unspecified atom stereocenters. The number of halogens is 3. The Morgan fingerprint density at radius 3 is 2.68 bits per heavy atom. The number of hydrogen-bond acceptors (Lipinski definition) is 5. The first kappa shape index (κ1) is 19.5. The molecule has 2 heterocycles. The van der Waals surface area contributed by atoms with Gasteiger partial charge < -0.3 is 16.2 Å². The zero-order valence-corrected chi connectivity index (χ0v) is 18.1. The highest BCUT2D eigenvalue weighted by Gasteiger charge is 2.31. The largest absolute Gasteiger partial charge is 0.416 e. The number of carbonyl (C=O) groups is 1. The summed E-state index contributed by atoms with van der Waals surface area (Å²) < 4.78 is 64.0. The molecule has 10 heteroatoms. The van der Waals surface area contributed by atoms with Gasteiger partial charge in [-0.3, -0.25) is 9.20 Å². The topological polar surface area (TPSA) is 106 Å². The van der Waals surface area contributed by atoms with Crippen molar-refractivity contribution >= 4 is 22.9 Å². The standard InChI is InChI=1S/C24H22F3N5O2/c1-12-9-17(31-23(34)21(33)15-5-4-6-16(10-15)24(25,26)27)7-8-18(12)19-20-22(28)29-11-13(2)32(20)14(3)30-19/h4-11,21,33H,1-3H3,(H2,28,29)(H,31,34)/t21-/m1/s1/i3D3. The van der Waals surface area contributed by atoms with Gasteiger partial charge in [-0.05, 0) is 56.1 Å². The van der Waals surface area contributed by atoms with Gasteiger partial charge in [-0.25, -0.2) is 9.97 Å². The van der Waals surface area contributed by atoms with Crippen LogP contribution in [0.2, 0.25) is 0 Å². The summed E-state index contributed by atoms with van der Waals surface area (Å²) in [5, 5.41) is 12.8. The minimum atomic E-state index is -4.62. The number of nitrogens with two attached hydrogens (primary N) is 1. The van der Waals surface area contributed by atoms with Crippen molar-refractivity contribution in [2.75, 3.05) is 11.1 Å². The maximum atomic E-state index is 13.0. The monoisotopic (exact) mass is 472 g/mol. The van der Waals surface area contributed by atoms with E-state index in [4.69, 9.17) is 9.85 Å². The highest BCUT2D eigenvalue weighted by Crippen LogP contribution is 2.33. The SMILES string of the molecule is [2H]C([2H])([2H])c1nc(-c2ccc(NC(=O)[C@H](O)c3cccc(C(F)(F)F)c3)cc2C)c2c(N)ncc(C)n12. The summed E-state index contributed by atoms with van der Waals surface area (Å²) >= 11 is 0. The van der Waals surface area contributed by atoms with Gasteiger partial charge >= 0.3 is 6.18 Å². The van der Waals surface area contributed by atoms with E-state index in [-0.39, 0.29) is 22.9 Å². The van der Waals surface area contributed by atoms with Gasteiger partial charge in [0.1, 0.15) is 22.9 Å². The molecule has 0 aliphatic heterocycles. The van der Waals surface area contributed by atoms with Crippen molar-refractivity contribution in [1.82, 2.24) is 14.4 Å². The lowest BCUT2D eigenvalue weighted by Crippen LogP contribution is -2.21. The number of amides is 1. The van der Waals surface area contributed by atoms with Crippen LogP contribution < -0.4 is 11.1 Å². The first-order chi connectivity index (χ1) is 17.2. The highest BCUT2D eigenvalue weighted by atomic mass is 19.4. The normalized spacial score (nSPS) is 14.4. The fraction of sp³-hybridized carbons (Fsp3) is 0.208. The van der Waals surface area contributed by atoms with Crippen LogP contribution in [-0.2, 0) is 11.0 Å². The summed E-state index contributed by atoms with van der Waals surface area (Å²) in [6.45, 7) is 0.857. The van der Waals surface area contributed by atoms with E-state index in [2.05, 4.69) is 15.3 Å². The minimum absolute atomic E-state index is 0.0876. The second kappa shape index (κ2) is 8.45. The lowest BCUT2D eigenvalue weighted by atomic mass is 10.0. The van der Waals surface area contributed by atoms with E-state index < -0.39 is 30.6 Å². The Hall–Kier alpha value is -3.92. The summed E-state index contributed by atoms with van der Waals surface area (Å²) in [7, 11) is 0. The van der Waals surface area contributed by atoms with Crippen molar-refractivity contribution in [3.8, 4) is 11.3 Å². The van der Waals surface area contributed by atoms with Gasteiger partial charge in [0, 0.05) is 27.3 Å². The van der Waals surface area contributed by atoms with Crippen molar-refractivity contribution in [1.29, 1.82) is 0 Å². The summed E-state index contributed by atoms with van der Waals surface area (Å²) in [6, 6.07) is 8.54. The smallest absolute Gasteiger partial charge is 0.382 e. The van der Waals surface area contributed by atoms with Gasteiger partial charge in [0.15, 0.2) is 6.10 Å². The summed E-state index contributed by atoms with van der Waals surface area (Å²) in [5.74, 6) is -1.01. The number of nitrogens with one attached hydrogen (secondary N) is 1. The highest BCUT2D eigenvalue weighted by molar-refractivity contribution is 5.95. The molecule has 1 amide bonds. The predicted molar refractivity (Wildman–Crippen MR) is 122 cm³/mol. The maximum Gasteiger partial charge on any atom is 0.416 e. The molecule has 7 nitrogen and oxygen atoms in total. The Kier molecular flexibility index (Phi) is 4.86. The molecule has 34 heavy (non-hydrogen) atoms. The second-order valence-corrected chi connectivity index (χ2v) is 7.80. The van der Waals surface area contributed by atoms with Crippen LogP contribution in [-0.4, -0.2) is 25.4 Å². The summed E-state index contributed by atoms with van der Waals surface area (Å²) in [4.78, 5) is 21.0.